The summed E-state index contributed by atoms with van der Waals surface area (Å²) in [5.41, 5.74) is 3.91. The number of benzene rings is 2. The molecule has 0 aromatic heterocycles. The van der Waals surface area contributed by atoms with E-state index in [-0.39, 0.29) is 5.41 Å². The molecule has 0 spiro atoms. The molecule has 0 unspecified atom stereocenters. The highest BCUT2D eigenvalue weighted by atomic mass is 16.5. The molecule has 1 saturated carbocycles. The van der Waals surface area contributed by atoms with Gasteiger partial charge in [-0.25, -0.2) is 0 Å². The molecule has 2 aromatic rings. The second-order valence-corrected chi connectivity index (χ2v) is 6.88. The minimum Gasteiger partial charge on any atom is -0.453 e. The third-order valence-corrected chi connectivity index (χ3v) is 5.25. The molecule has 2 aliphatic rings. The molecule has 1 aliphatic heterocycles. The Morgan fingerprint density at radius 1 is 0.864 bits per heavy atom. The zero-order valence-corrected chi connectivity index (χ0v) is 13.2. The van der Waals surface area contributed by atoms with Crippen LogP contribution in [0.5, 0.6) is 11.5 Å². The van der Waals surface area contributed by atoms with E-state index in [0.29, 0.717) is 0 Å². The monoisotopic (exact) mass is 293 g/mol. The van der Waals surface area contributed by atoms with E-state index >= 15 is 0 Å². The Morgan fingerprint density at radius 3 is 2.41 bits per heavy atom. The van der Waals surface area contributed by atoms with Gasteiger partial charge in [-0.1, -0.05) is 56.9 Å². The van der Waals surface area contributed by atoms with Crippen LogP contribution in [0, 0.1) is 0 Å². The summed E-state index contributed by atoms with van der Waals surface area (Å²) in [6.07, 6.45) is 7.95. The standard InChI is InChI=1S/C20H23NO/c1-20(13-6-2-3-7-14-20)15-9-8-12-18-19(15)21-16-10-4-5-11-17(16)22-18/h4-5,8-12,21H,2-3,6-7,13-14H2,1H3. The average Bonchev–Trinajstić information content (AvgIpc) is 2.78. The lowest BCUT2D eigenvalue weighted by Crippen LogP contribution is -2.23. The van der Waals surface area contributed by atoms with E-state index < -0.39 is 0 Å². The van der Waals surface area contributed by atoms with E-state index in [9.17, 15) is 0 Å². The van der Waals surface area contributed by atoms with Crippen molar-refractivity contribution in [1.29, 1.82) is 0 Å². The highest BCUT2D eigenvalue weighted by Crippen LogP contribution is 2.49. The fourth-order valence-electron chi connectivity index (χ4n) is 3.94. The van der Waals surface area contributed by atoms with E-state index in [4.69, 9.17) is 4.74 Å². The first-order chi connectivity index (χ1) is 10.8. The van der Waals surface area contributed by atoms with Crippen molar-refractivity contribution in [2.75, 3.05) is 5.32 Å². The Bertz CT molecular complexity index is 684. The lowest BCUT2D eigenvalue weighted by molar-refractivity contribution is 0.406. The molecule has 0 saturated heterocycles. The average molecular weight is 293 g/mol. The zero-order chi connectivity index (χ0) is 15.0. The van der Waals surface area contributed by atoms with Crippen LogP contribution in [0.25, 0.3) is 0 Å². The molecule has 0 atom stereocenters. The highest BCUT2D eigenvalue weighted by Gasteiger charge is 2.32. The van der Waals surface area contributed by atoms with Crippen molar-refractivity contribution in [3.8, 4) is 11.5 Å². The van der Waals surface area contributed by atoms with Gasteiger partial charge in [0.1, 0.15) is 0 Å². The van der Waals surface area contributed by atoms with E-state index in [0.717, 1.165) is 17.2 Å². The summed E-state index contributed by atoms with van der Waals surface area (Å²) in [6, 6.07) is 14.7. The molecule has 1 aliphatic carbocycles. The highest BCUT2D eigenvalue weighted by molar-refractivity contribution is 5.78. The van der Waals surface area contributed by atoms with E-state index in [1.165, 1.54) is 49.8 Å². The second-order valence-electron chi connectivity index (χ2n) is 6.88. The molecular weight excluding hydrogens is 270 g/mol. The van der Waals surface area contributed by atoms with Crippen LogP contribution in [-0.4, -0.2) is 0 Å². The number of hydrogen-bond acceptors (Lipinski definition) is 2. The molecule has 0 amide bonds. The summed E-state index contributed by atoms with van der Waals surface area (Å²) < 4.78 is 6.12. The van der Waals surface area contributed by atoms with Crippen molar-refractivity contribution in [2.45, 2.75) is 50.9 Å². The van der Waals surface area contributed by atoms with Crippen LogP contribution in [-0.2, 0) is 5.41 Å². The first-order valence-corrected chi connectivity index (χ1v) is 8.44. The minimum atomic E-state index is 0.254. The molecule has 0 bridgehead atoms. The number of nitrogens with one attached hydrogen (secondary N) is 1. The van der Waals surface area contributed by atoms with Gasteiger partial charge in [-0.15, -0.1) is 0 Å². The molecule has 1 fully saturated rings. The fraction of sp³-hybridized carbons (Fsp3) is 0.400. The molecule has 114 valence electrons. The van der Waals surface area contributed by atoms with Gasteiger partial charge in [0, 0.05) is 0 Å². The first-order valence-electron chi connectivity index (χ1n) is 8.44. The van der Waals surface area contributed by atoms with Gasteiger partial charge < -0.3 is 10.1 Å². The van der Waals surface area contributed by atoms with Crippen molar-refractivity contribution >= 4 is 11.4 Å². The van der Waals surface area contributed by atoms with Crippen LogP contribution in [0.3, 0.4) is 0 Å². The molecule has 1 N–H and O–H groups in total. The van der Waals surface area contributed by atoms with Crippen molar-refractivity contribution in [3.63, 3.8) is 0 Å². The maximum Gasteiger partial charge on any atom is 0.151 e. The summed E-state index contributed by atoms with van der Waals surface area (Å²) in [4.78, 5) is 0. The van der Waals surface area contributed by atoms with Crippen LogP contribution < -0.4 is 10.1 Å². The Morgan fingerprint density at radius 2 is 1.59 bits per heavy atom. The van der Waals surface area contributed by atoms with Crippen LogP contribution >= 0.6 is 0 Å². The largest absolute Gasteiger partial charge is 0.453 e. The Labute approximate surface area is 132 Å². The lowest BCUT2D eigenvalue weighted by atomic mass is 9.75. The predicted molar refractivity (Wildman–Crippen MR) is 91.3 cm³/mol. The van der Waals surface area contributed by atoms with Crippen molar-refractivity contribution in [3.05, 3.63) is 48.0 Å². The molecule has 22 heavy (non-hydrogen) atoms. The van der Waals surface area contributed by atoms with Gasteiger partial charge in [-0.05, 0) is 42.0 Å². The minimum absolute atomic E-state index is 0.254. The van der Waals surface area contributed by atoms with Gasteiger partial charge >= 0.3 is 0 Å². The quantitative estimate of drug-likeness (QED) is 0.543. The summed E-state index contributed by atoms with van der Waals surface area (Å²) >= 11 is 0. The third-order valence-electron chi connectivity index (χ3n) is 5.25. The molecule has 2 aromatic carbocycles. The SMILES string of the molecule is CC1(c2cccc3c2Nc2ccccc2O3)CCCCCC1. The lowest BCUT2D eigenvalue weighted by Gasteiger charge is -2.33. The van der Waals surface area contributed by atoms with E-state index in [1.54, 1.807) is 0 Å². The first kappa shape index (κ1) is 13.7. The number of hydrogen-bond donors (Lipinski definition) is 1. The Hall–Kier alpha value is -1.96. The maximum absolute atomic E-state index is 6.12. The zero-order valence-electron chi connectivity index (χ0n) is 13.2. The van der Waals surface area contributed by atoms with Crippen LogP contribution in [0.4, 0.5) is 11.4 Å². The Kier molecular flexibility index (Phi) is 3.33. The summed E-state index contributed by atoms with van der Waals surface area (Å²) in [7, 11) is 0. The predicted octanol–water partition coefficient (Wildman–Crippen LogP) is 6.15. The smallest absolute Gasteiger partial charge is 0.151 e. The summed E-state index contributed by atoms with van der Waals surface area (Å²) in [5, 5.41) is 3.63. The van der Waals surface area contributed by atoms with Gasteiger partial charge in [0.15, 0.2) is 11.5 Å². The van der Waals surface area contributed by atoms with Gasteiger partial charge in [-0.2, -0.15) is 0 Å². The van der Waals surface area contributed by atoms with Crippen molar-refractivity contribution in [2.24, 2.45) is 0 Å². The third kappa shape index (κ3) is 2.27. The van der Waals surface area contributed by atoms with Gasteiger partial charge in [0.05, 0.1) is 11.4 Å². The maximum atomic E-state index is 6.12. The van der Waals surface area contributed by atoms with E-state index in [2.05, 4.69) is 42.6 Å². The van der Waals surface area contributed by atoms with Crippen molar-refractivity contribution < 1.29 is 4.74 Å². The molecular formula is C20H23NO. The normalized spacial score (nSPS) is 19.1. The molecule has 1 heterocycles. The van der Waals surface area contributed by atoms with Crippen LogP contribution in [0.2, 0.25) is 0 Å². The number of fused-ring (bicyclic) bond motifs is 2. The Balaban J connectivity index is 1.77. The molecule has 4 rings (SSSR count). The topological polar surface area (TPSA) is 21.3 Å². The van der Waals surface area contributed by atoms with Crippen LogP contribution in [0.1, 0.15) is 51.0 Å². The number of para-hydroxylation sites is 3. The van der Waals surface area contributed by atoms with E-state index in [1.807, 2.05) is 12.1 Å². The number of ether oxygens (including phenoxy) is 1. The molecule has 2 nitrogen and oxygen atoms in total. The van der Waals surface area contributed by atoms with Gasteiger partial charge in [-0.3, -0.25) is 0 Å². The molecule has 2 heteroatoms. The van der Waals surface area contributed by atoms with Gasteiger partial charge in [0.2, 0.25) is 0 Å². The summed E-state index contributed by atoms with van der Waals surface area (Å²) in [6.45, 7) is 2.43. The van der Waals surface area contributed by atoms with Crippen molar-refractivity contribution in [1.82, 2.24) is 0 Å². The second kappa shape index (κ2) is 5.35. The van der Waals surface area contributed by atoms with Crippen LogP contribution in [0.15, 0.2) is 42.5 Å². The summed E-state index contributed by atoms with van der Waals surface area (Å²) in [5.74, 6) is 1.87. The number of rotatable bonds is 1. The molecule has 0 radical (unpaired) electrons. The number of anilines is 2. The van der Waals surface area contributed by atoms with Gasteiger partial charge in [0.25, 0.3) is 0 Å². The fourth-order valence-corrected chi connectivity index (χ4v) is 3.94.